The molecule has 0 bridgehead atoms. The Morgan fingerprint density at radius 1 is 0.560 bits per heavy atom. The van der Waals surface area contributed by atoms with Crippen LogP contribution in [0.1, 0.15) is 194 Å². The summed E-state index contributed by atoms with van der Waals surface area (Å²) in [4.78, 5) is 45.4. The fraction of sp³-hybridized carbons (Fsp3) is 0.921. The third-order valence-corrected chi connectivity index (χ3v) is 9.85. The Balaban J connectivity index is 3.81. The monoisotopic (exact) mass is 736 g/mol. The lowest BCUT2D eigenvalue weighted by atomic mass is 10.0. The number of aliphatic hydroxyl groups excluding tert-OH is 1. The number of rotatable bonds is 38. The van der Waals surface area contributed by atoms with Crippen LogP contribution in [0.15, 0.2) is 0 Å². The number of carbonyl (C=O) groups excluding carboxylic acids is 2. The van der Waals surface area contributed by atoms with Gasteiger partial charge in [0, 0.05) is 12.8 Å². The molecular weight excluding hydrogens is 661 g/mol. The number of nitrogens with one attached hydrogen (secondary N) is 1. The molecule has 0 aromatic heterocycles. The molecule has 296 valence electrons. The number of carboxylic acid groups (broad SMARTS) is 1. The number of aliphatic hydroxyl groups is 1. The van der Waals surface area contributed by atoms with Crippen LogP contribution in [0.5, 0.6) is 0 Å². The molecule has 0 aromatic carbocycles. The highest BCUT2D eigenvalue weighted by molar-refractivity contribution is 7.47. The minimum atomic E-state index is -4.73. The summed E-state index contributed by atoms with van der Waals surface area (Å²) in [6.45, 7) is 2.49. The average molecular weight is 736 g/mol. The van der Waals surface area contributed by atoms with E-state index in [4.69, 9.17) is 13.8 Å². The largest absolute Gasteiger partial charge is 0.480 e. The Morgan fingerprint density at radius 2 is 0.920 bits per heavy atom. The number of ether oxygens (including phenoxy) is 1. The first-order valence-electron chi connectivity index (χ1n) is 20.1. The molecule has 3 atom stereocenters. The van der Waals surface area contributed by atoms with E-state index in [9.17, 15) is 34.1 Å². The molecule has 0 saturated carbocycles. The number of carboxylic acids is 1. The van der Waals surface area contributed by atoms with E-state index in [0.29, 0.717) is 12.8 Å². The molecule has 0 aromatic rings. The van der Waals surface area contributed by atoms with Crippen molar-refractivity contribution in [3.05, 3.63) is 0 Å². The molecule has 11 nitrogen and oxygen atoms in total. The van der Waals surface area contributed by atoms with Crippen molar-refractivity contribution in [1.82, 2.24) is 5.32 Å². The lowest BCUT2D eigenvalue weighted by molar-refractivity contribution is -0.147. The SMILES string of the molecule is CCCCCCCCCCCCCCCCCCCCCCCC(=O)NC(COP(=O)(O)OCC(O)COC(=O)CCCCCCC)C(=O)O. The van der Waals surface area contributed by atoms with Crippen LogP contribution in [0.2, 0.25) is 0 Å². The molecule has 0 fully saturated rings. The topological polar surface area (TPSA) is 169 Å². The van der Waals surface area contributed by atoms with Crippen LogP contribution in [0, 0.1) is 0 Å². The van der Waals surface area contributed by atoms with Gasteiger partial charge in [-0.1, -0.05) is 168 Å². The van der Waals surface area contributed by atoms with E-state index < -0.39 is 57.6 Å². The molecule has 3 unspecified atom stereocenters. The molecule has 12 heteroatoms. The highest BCUT2D eigenvalue weighted by atomic mass is 31.2. The van der Waals surface area contributed by atoms with Crippen molar-refractivity contribution in [2.75, 3.05) is 19.8 Å². The number of esters is 1. The van der Waals surface area contributed by atoms with E-state index in [1.54, 1.807) is 0 Å². The van der Waals surface area contributed by atoms with Crippen molar-refractivity contribution in [2.24, 2.45) is 0 Å². The lowest BCUT2D eigenvalue weighted by Gasteiger charge is -2.18. The van der Waals surface area contributed by atoms with E-state index in [-0.39, 0.29) is 12.8 Å². The van der Waals surface area contributed by atoms with Gasteiger partial charge in [0.2, 0.25) is 5.91 Å². The molecule has 0 aliphatic rings. The molecule has 0 heterocycles. The van der Waals surface area contributed by atoms with Gasteiger partial charge in [-0.05, 0) is 12.8 Å². The van der Waals surface area contributed by atoms with Crippen LogP contribution < -0.4 is 5.32 Å². The molecule has 1 amide bonds. The van der Waals surface area contributed by atoms with Gasteiger partial charge in [0.05, 0.1) is 13.2 Å². The first kappa shape index (κ1) is 48.5. The minimum Gasteiger partial charge on any atom is -0.480 e. The number of hydrogen-bond donors (Lipinski definition) is 4. The highest BCUT2D eigenvalue weighted by Crippen LogP contribution is 2.43. The Bertz CT molecular complexity index is 875. The second kappa shape index (κ2) is 34.6. The predicted octanol–water partition coefficient (Wildman–Crippen LogP) is 9.56. The highest BCUT2D eigenvalue weighted by Gasteiger charge is 2.28. The summed E-state index contributed by atoms with van der Waals surface area (Å²) < 4.78 is 26.5. The summed E-state index contributed by atoms with van der Waals surface area (Å²) >= 11 is 0. The maximum absolute atomic E-state index is 12.3. The molecule has 0 aliphatic heterocycles. The van der Waals surface area contributed by atoms with Crippen molar-refractivity contribution in [2.45, 2.75) is 206 Å². The first-order valence-corrected chi connectivity index (χ1v) is 21.6. The molecule has 4 N–H and O–H groups in total. The van der Waals surface area contributed by atoms with E-state index in [2.05, 4.69) is 19.2 Å². The maximum Gasteiger partial charge on any atom is 0.472 e. The van der Waals surface area contributed by atoms with Crippen molar-refractivity contribution in [1.29, 1.82) is 0 Å². The summed E-state index contributed by atoms with van der Waals surface area (Å²) in [7, 11) is -4.73. The number of phosphoric ester groups is 1. The fourth-order valence-corrected chi connectivity index (χ4v) is 6.50. The van der Waals surface area contributed by atoms with E-state index >= 15 is 0 Å². The predicted molar refractivity (Wildman–Crippen MR) is 199 cm³/mol. The van der Waals surface area contributed by atoms with Gasteiger partial charge in [0.15, 0.2) is 6.04 Å². The second-order valence-corrected chi connectivity index (χ2v) is 15.3. The van der Waals surface area contributed by atoms with Crippen molar-refractivity contribution >= 4 is 25.7 Å². The van der Waals surface area contributed by atoms with Gasteiger partial charge >= 0.3 is 19.8 Å². The van der Waals surface area contributed by atoms with Gasteiger partial charge < -0.3 is 25.2 Å². The molecular formula is C38H74NO10P. The molecule has 0 rings (SSSR count). The normalized spacial score (nSPS) is 13.8. The zero-order valence-electron chi connectivity index (χ0n) is 31.7. The van der Waals surface area contributed by atoms with Crippen LogP contribution in [-0.2, 0) is 32.7 Å². The molecule has 50 heavy (non-hydrogen) atoms. The number of amides is 1. The van der Waals surface area contributed by atoms with Crippen molar-refractivity contribution in [3.63, 3.8) is 0 Å². The van der Waals surface area contributed by atoms with Gasteiger partial charge in [-0.2, -0.15) is 0 Å². The van der Waals surface area contributed by atoms with Crippen LogP contribution in [0.4, 0.5) is 0 Å². The van der Waals surface area contributed by atoms with Gasteiger partial charge in [-0.25, -0.2) is 9.36 Å². The third-order valence-electron chi connectivity index (χ3n) is 8.90. The Morgan fingerprint density at radius 3 is 1.32 bits per heavy atom. The van der Waals surface area contributed by atoms with E-state index in [1.165, 1.54) is 109 Å². The second-order valence-electron chi connectivity index (χ2n) is 13.8. The quantitative estimate of drug-likeness (QED) is 0.0272. The summed E-state index contributed by atoms with van der Waals surface area (Å²) in [6, 6.07) is -1.54. The molecule has 0 saturated heterocycles. The Hall–Kier alpha value is -1.52. The van der Waals surface area contributed by atoms with Crippen molar-refractivity contribution in [3.8, 4) is 0 Å². The summed E-state index contributed by atoms with van der Waals surface area (Å²) in [5.41, 5.74) is 0. The summed E-state index contributed by atoms with van der Waals surface area (Å²) in [5, 5.41) is 21.6. The summed E-state index contributed by atoms with van der Waals surface area (Å²) in [6.07, 6.45) is 30.5. The van der Waals surface area contributed by atoms with Gasteiger partial charge in [0.1, 0.15) is 12.7 Å². The average Bonchev–Trinajstić information content (AvgIpc) is 3.08. The van der Waals surface area contributed by atoms with Gasteiger partial charge in [-0.15, -0.1) is 0 Å². The smallest absolute Gasteiger partial charge is 0.472 e. The van der Waals surface area contributed by atoms with Crippen LogP contribution in [-0.4, -0.2) is 64.9 Å². The van der Waals surface area contributed by atoms with Gasteiger partial charge in [-0.3, -0.25) is 18.6 Å². The zero-order valence-corrected chi connectivity index (χ0v) is 32.6. The number of unbranched alkanes of at least 4 members (excludes halogenated alkanes) is 24. The number of aliphatic carboxylic acids is 1. The van der Waals surface area contributed by atoms with Crippen LogP contribution in [0.25, 0.3) is 0 Å². The molecule has 0 aliphatic carbocycles. The van der Waals surface area contributed by atoms with Gasteiger partial charge in [0.25, 0.3) is 0 Å². The van der Waals surface area contributed by atoms with Crippen molar-refractivity contribution < 1.29 is 47.8 Å². The fourth-order valence-electron chi connectivity index (χ4n) is 5.73. The number of hydrogen-bond acceptors (Lipinski definition) is 8. The standard InChI is InChI=1S/C38H74NO10P/c1-3-5-7-9-10-11-12-13-14-15-16-17-18-19-20-21-22-23-24-26-27-29-36(41)39-35(38(43)44)33-49-50(45,46)48-32-34(40)31-47-37(42)30-28-25-8-6-4-2/h34-35,40H,3-33H2,1-2H3,(H,39,41)(H,43,44)(H,45,46). The Kier molecular flexibility index (Phi) is 33.5. The maximum atomic E-state index is 12.3. The summed E-state index contributed by atoms with van der Waals surface area (Å²) in [5.74, 6) is -2.37. The number of carbonyl (C=O) groups is 3. The third kappa shape index (κ3) is 33.6. The van der Waals surface area contributed by atoms with Crippen LogP contribution in [0.3, 0.4) is 0 Å². The van der Waals surface area contributed by atoms with Crippen LogP contribution >= 0.6 is 7.82 Å². The van der Waals surface area contributed by atoms with E-state index in [1.807, 2.05) is 0 Å². The molecule has 0 radical (unpaired) electrons. The Labute approximate surface area is 304 Å². The number of phosphoric acid groups is 1. The first-order chi connectivity index (χ1) is 24.1. The lowest BCUT2D eigenvalue weighted by Crippen LogP contribution is -2.43. The minimum absolute atomic E-state index is 0.153. The molecule has 0 spiro atoms. The van der Waals surface area contributed by atoms with E-state index in [0.717, 1.165) is 44.9 Å². The zero-order chi connectivity index (χ0) is 37.1.